The van der Waals surface area contributed by atoms with Gasteiger partial charge in [0.15, 0.2) is 5.75 Å². The molecule has 0 fully saturated rings. The fourth-order valence-corrected chi connectivity index (χ4v) is 1.38. The molecule has 0 aliphatic rings. The van der Waals surface area contributed by atoms with E-state index in [-0.39, 0.29) is 17.9 Å². The third-order valence-electron chi connectivity index (χ3n) is 2.18. The van der Waals surface area contributed by atoms with Gasteiger partial charge in [0.05, 0.1) is 6.20 Å². The zero-order valence-electron chi connectivity index (χ0n) is 9.21. The second-order valence-electron chi connectivity index (χ2n) is 3.48. The van der Waals surface area contributed by atoms with Gasteiger partial charge in [-0.05, 0) is 25.1 Å². The average Bonchev–Trinajstić information content (AvgIpc) is 2.73. The number of furan rings is 1. The highest BCUT2D eigenvalue weighted by atomic mass is 16.5. The van der Waals surface area contributed by atoms with Gasteiger partial charge in [-0.15, -0.1) is 0 Å². The fourth-order valence-electron chi connectivity index (χ4n) is 1.38. The second kappa shape index (κ2) is 4.69. The first kappa shape index (κ1) is 11.2. The first-order valence-corrected chi connectivity index (χ1v) is 5.02. The molecule has 0 bridgehead atoms. The molecule has 2 heterocycles. The van der Waals surface area contributed by atoms with Gasteiger partial charge in [0.2, 0.25) is 0 Å². The number of hydrogen-bond donors (Lipinski definition) is 1. The summed E-state index contributed by atoms with van der Waals surface area (Å²) in [6.45, 7) is 2.01. The van der Waals surface area contributed by atoms with Gasteiger partial charge >= 0.3 is 5.97 Å². The summed E-state index contributed by atoms with van der Waals surface area (Å²) in [5, 5.41) is 8.94. The van der Waals surface area contributed by atoms with Gasteiger partial charge in [-0.1, -0.05) is 0 Å². The van der Waals surface area contributed by atoms with E-state index in [9.17, 15) is 4.79 Å². The minimum atomic E-state index is -1.04. The molecule has 0 amide bonds. The molecule has 2 aromatic rings. The molecule has 5 heteroatoms. The van der Waals surface area contributed by atoms with Crippen molar-refractivity contribution in [3.8, 4) is 5.75 Å². The molecular weight excluding hydrogens is 222 g/mol. The van der Waals surface area contributed by atoms with E-state index in [1.807, 2.05) is 13.0 Å². The lowest BCUT2D eigenvalue weighted by Gasteiger charge is -2.06. The van der Waals surface area contributed by atoms with Crippen molar-refractivity contribution in [2.24, 2.45) is 0 Å². The number of pyridine rings is 1. The molecule has 5 nitrogen and oxygen atoms in total. The Balaban J connectivity index is 2.11. The quantitative estimate of drug-likeness (QED) is 0.876. The van der Waals surface area contributed by atoms with Gasteiger partial charge in [0, 0.05) is 6.20 Å². The van der Waals surface area contributed by atoms with E-state index >= 15 is 0 Å². The van der Waals surface area contributed by atoms with Crippen molar-refractivity contribution in [2.75, 3.05) is 0 Å². The molecule has 0 aromatic carbocycles. The Kier molecular flexibility index (Phi) is 3.09. The van der Waals surface area contributed by atoms with Crippen LogP contribution in [0.2, 0.25) is 0 Å². The Morgan fingerprint density at radius 2 is 2.29 bits per heavy atom. The van der Waals surface area contributed by atoms with Gasteiger partial charge in [0.25, 0.3) is 0 Å². The number of aryl methyl sites for hydroxylation is 1. The summed E-state index contributed by atoms with van der Waals surface area (Å²) in [6.07, 6.45) is 2.78. The van der Waals surface area contributed by atoms with Crippen LogP contribution < -0.4 is 4.74 Å². The summed E-state index contributed by atoms with van der Waals surface area (Å²) in [6, 6.07) is 5.00. The van der Waals surface area contributed by atoms with E-state index in [1.165, 1.54) is 18.5 Å². The Hall–Kier alpha value is -2.30. The third-order valence-corrected chi connectivity index (χ3v) is 2.18. The lowest BCUT2D eigenvalue weighted by atomic mass is 10.2. The molecule has 0 saturated heterocycles. The number of nitrogens with zero attached hydrogens (tertiary/aromatic N) is 1. The molecule has 2 rings (SSSR count). The number of ether oxygens (including phenoxy) is 1. The van der Waals surface area contributed by atoms with Crippen molar-refractivity contribution in [1.82, 2.24) is 4.98 Å². The van der Waals surface area contributed by atoms with Crippen LogP contribution in [-0.2, 0) is 6.61 Å². The van der Waals surface area contributed by atoms with Gasteiger partial charge < -0.3 is 14.3 Å². The lowest BCUT2D eigenvalue weighted by molar-refractivity contribution is 0.0691. The minimum Gasteiger partial charge on any atom is -0.483 e. The topological polar surface area (TPSA) is 72.6 Å². The van der Waals surface area contributed by atoms with Gasteiger partial charge in [0.1, 0.15) is 23.7 Å². The molecule has 0 saturated carbocycles. The van der Waals surface area contributed by atoms with Crippen LogP contribution in [0.5, 0.6) is 5.75 Å². The van der Waals surface area contributed by atoms with Crippen LogP contribution in [0, 0.1) is 6.92 Å². The molecule has 88 valence electrons. The molecular formula is C12H11NO4. The highest BCUT2D eigenvalue weighted by Crippen LogP contribution is 2.18. The molecule has 0 atom stereocenters. The maximum absolute atomic E-state index is 10.9. The van der Waals surface area contributed by atoms with Crippen LogP contribution in [0.3, 0.4) is 0 Å². The average molecular weight is 233 g/mol. The second-order valence-corrected chi connectivity index (χ2v) is 3.48. The Morgan fingerprint density at radius 1 is 1.47 bits per heavy atom. The summed E-state index contributed by atoms with van der Waals surface area (Å²) in [5.74, 6) is 0.614. The molecule has 0 spiro atoms. The number of carbonyl (C=O) groups is 1. The van der Waals surface area contributed by atoms with E-state index < -0.39 is 5.97 Å². The summed E-state index contributed by atoms with van der Waals surface area (Å²) in [5.41, 5.74) is 0.0864. The maximum Gasteiger partial charge on any atom is 0.339 e. The summed E-state index contributed by atoms with van der Waals surface area (Å²) >= 11 is 0. The van der Waals surface area contributed by atoms with E-state index in [0.29, 0.717) is 5.76 Å². The van der Waals surface area contributed by atoms with Crippen LogP contribution in [0.1, 0.15) is 21.9 Å². The van der Waals surface area contributed by atoms with Crippen LogP contribution >= 0.6 is 0 Å². The molecule has 0 aliphatic carbocycles. The first-order chi connectivity index (χ1) is 8.16. The molecule has 0 aliphatic heterocycles. The predicted octanol–water partition coefficient (Wildman–Crippen LogP) is 2.26. The van der Waals surface area contributed by atoms with Crippen LogP contribution in [0.4, 0.5) is 0 Å². The molecule has 0 radical (unpaired) electrons. The number of aromatic carboxylic acids is 1. The SMILES string of the molecule is Cc1ccc(COc2cnccc2C(=O)O)o1. The van der Waals surface area contributed by atoms with Crippen molar-refractivity contribution < 1.29 is 19.1 Å². The summed E-state index contributed by atoms with van der Waals surface area (Å²) < 4.78 is 10.7. The number of rotatable bonds is 4. The Bertz CT molecular complexity index is 533. The highest BCUT2D eigenvalue weighted by molar-refractivity contribution is 5.90. The smallest absolute Gasteiger partial charge is 0.339 e. The normalized spacial score (nSPS) is 10.2. The third kappa shape index (κ3) is 2.63. The number of aromatic nitrogens is 1. The number of carboxylic acids is 1. The minimum absolute atomic E-state index is 0.0864. The molecule has 0 unspecified atom stereocenters. The lowest BCUT2D eigenvalue weighted by Crippen LogP contribution is -2.03. The van der Waals surface area contributed by atoms with Gasteiger partial charge in [-0.3, -0.25) is 4.98 Å². The van der Waals surface area contributed by atoms with E-state index in [0.717, 1.165) is 5.76 Å². The van der Waals surface area contributed by atoms with Gasteiger partial charge in [-0.25, -0.2) is 4.79 Å². The summed E-state index contributed by atoms with van der Waals surface area (Å²) in [7, 11) is 0. The van der Waals surface area contributed by atoms with Crippen LogP contribution in [-0.4, -0.2) is 16.1 Å². The van der Waals surface area contributed by atoms with Crippen LogP contribution in [0.25, 0.3) is 0 Å². The van der Waals surface area contributed by atoms with Crippen molar-refractivity contribution in [3.63, 3.8) is 0 Å². The van der Waals surface area contributed by atoms with E-state index in [4.69, 9.17) is 14.3 Å². The molecule has 2 aromatic heterocycles. The van der Waals surface area contributed by atoms with Crippen LogP contribution in [0.15, 0.2) is 35.0 Å². The Morgan fingerprint density at radius 3 is 2.94 bits per heavy atom. The standard InChI is InChI=1S/C12H11NO4/c1-8-2-3-9(17-8)7-16-11-6-13-5-4-10(11)12(14)15/h2-6H,7H2,1H3,(H,14,15). The van der Waals surface area contributed by atoms with E-state index in [2.05, 4.69) is 4.98 Å². The number of hydrogen-bond acceptors (Lipinski definition) is 4. The monoisotopic (exact) mass is 233 g/mol. The predicted molar refractivity (Wildman–Crippen MR) is 59.0 cm³/mol. The van der Waals surface area contributed by atoms with E-state index in [1.54, 1.807) is 6.07 Å². The molecule has 1 N–H and O–H groups in total. The Labute approximate surface area is 97.7 Å². The van der Waals surface area contributed by atoms with Crippen molar-refractivity contribution in [3.05, 3.63) is 47.7 Å². The highest BCUT2D eigenvalue weighted by Gasteiger charge is 2.11. The van der Waals surface area contributed by atoms with Crippen molar-refractivity contribution >= 4 is 5.97 Å². The zero-order chi connectivity index (χ0) is 12.3. The van der Waals surface area contributed by atoms with Crippen molar-refractivity contribution in [2.45, 2.75) is 13.5 Å². The maximum atomic E-state index is 10.9. The summed E-state index contributed by atoms with van der Waals surface area (Å²) in [4.78, 5) is 14.7. The number of carboxylic acid groups (broad SMARTS) is 1. The molecule has 17 heavy (non-hydrogen) atoms. The first-order valence-electron chi connectivity index (χ1n) is 5.02. The zero-order valence-corrected chi connectivity index (χ0v) is 9.21. The van der Waals surface area contributed by atoms with Crippen molar-refractivity contribution in [1.29, 1.82) is 0 Å². The largest absolute Gasteiger partial charge is 0.483 e. The van der Waals surface area contributed by atoms with Gasteiger partial charge in [-0.2, -0.15) is 0 Å². The fraction of sp³-hybridized carbons (Fsp3) is 0.167.